The molecule has 0 N–H and O–H groups in total. The topological polar surface area (TPSA) is 51.8 Å². The Morgan fingerprint density at radius 2 is 0.691 bits per heavy atom. The lowest BCUT2D eigenvalue weighted by atomic mass is 9.97. The Hall–Kier alpha value is -7.43. The standard InChI is InChI=1S/C51H33N3O/c1-4-12-34(13-5-1)36-22-24-37(25-23-36)38-26-28-39(29-27-38)42-30-31-47-46(33-42)44-20-11-21-45(48(44)55-47)51-53-49(40-16-8-3-9-17-40)52-50(54-51)43-19-10-18-41(32-43)35-14-6-2-7-15-35/h1-33H. The van der Waals surface area contributed by atoms with Crippen LogP contribution in [0.3, 0.4) is 0 Å². The van der Waals surface area contributed by atoms with E-state index in [1.165, 1.54) is 22.3 Å². The minimum absolute atomic E-state index is 0.561. The molecule has 0 bridgehead atoms. The van der Waals surface area contributed by atoms with Gasteiger partial charge in [0.2, 0.25) is 0 Å². The van der Waals surface area contributed by atoms with Crippen LogP contribution in [-0.4, -0.2) is 15.0 Å². The second-order valence-electron chi connectivity index (χ2n) is 13.6. The molecule has 4 nitrogen and oxygen atoms in total. The maximum absolute atomic E-state index is 6.62. The minimum atomic E-state index is 0.561. The third-order valence-electron chi connectivity index (χ3n) is 10.2. The van der Waals surface area contributed by atoms with Crippen LogP contribution in [0.25, 0.3) is 101 Å². The summed E-state index contributed by atoms with van der Waals surface area (Å²) in [5.41, 5.74) is 13.5. The molecule has 0 fully saturated rings. The highest BCUT2D eigenvalue weighted by molar-refractivity contribution is 6.10. The van der Waals surface area contributed by atoms with Crippen molar-refractivity contribution in [1.29, 1.82) is 0 Å². The Labute approximate surface area is 319 Å². The summed E-state index contributed by atoms with van der Waals surface area (Å²) in [5.74, 6) is 1.77. The molecule has 8 aromatic carbocycles. The molecule has 0 saturated heterocycles. The van der Waals surface area contributed by atoms with E-state index >= 15 is 0 Å². The third-order valence-corrected chi connectivity index (χ3v) is 10.2. The van der Waals surface area contributed by atoms with Gasteiger partial charge in [0.1, 0.15) is 11.2 Å². The largest absolute Gasteiger partial charge is 0.455 e. The van der Waals surface area contributed by atoms with E-state index in [0.717, 1.165) is 60.9 Å². The van der Waals surface area contributed by atoms with Crippen LogP contribution in [0, 0.1) is 0 Å². The summed E-state index contributed by atoms with van der Waals surface area (Å²) in [6, 6.07) is 69.4. The average Bonchev–Trinajstić information content (AvgIpc) is 3.66. The number of fused-ring (bicyclic) bond motifs is 3. The van der Waals surface area contributed by atoms with Gasteiger partial charge < -0.3 is 4.42 Å². The molecule has 0 unspecified atom stereocenters. The molecule has 0 radical (unpaired) electrons. The van der Waals surface area contributed by atoms with Gasteiger partial charge in [-0.15, -0.1) is 0 Å². The van der Waals surface area contributed by atoms with Crippen LogP contribution in [0.5, 0.6) is 0 Å². The molecule has 2 aromatic heterocycles. The zero-order valence-corrected chi connectivity index (χ0v) is 29.8. The van der Waals surface area contributed by atoms with Crippen LogP contribution >= 0.6 is 0 Å². The maximum Gasteiger partial charge on any atom is 0.167 e. The first-order valence-corrected chi connectivity index (χ1v) is 18.4. The van der Waals surface area contributed by atoms with Crippen molar-refractivity contribution in [3.8, 4) is 78.7 Å². The highest BCUT2D eigenvalue weighted by atomic mass is 16.3. The molecule has 0 amide bonds. The molecular formula is C51H33N3O. The minimum Gasteiger partial charge on any atom is -0.455 e. The van der Waals surface area contributed by atoms with Gasteiger partial charge in [0.05, 0.1) is 5.56 Å². The van der Waals surface area contributed by atoms with Crippen molar-refractivity contribution in [3.05, 3.63) is 200 Å². The second-order valence-corrected chi connectivity index (χ2v) is 13.6. The predicted molar refractivity (Wildman–Crippen MR) is 225 cm³/mol. The van der Waals surface area contributed by atoms with Crippen LogP contribution in [-0.2, 0) is 0 Å². The Morgan fingerprint density at radius 3 is 1.31 bits per heavy atom. The van der Waals surface area contributed by atoms with E-state index in [0.29, 0.717) is 17.5 Å². The molecule has 10 rings (SSSR count). The molecule has 0 aliphatic carbocycles. The van der Waals surface area contributed by atoms with Gasteiger partial charge >= 0.3 is 0 Å². The monoisotopic (exact) mass is 703 g/mol. The van der Waals surface area contributed by atoms with Gasteiger partial charge in [-0.1, -0.05) is 176 Å². The van der Waals surface area contributed by atoms with Crippen LogP contribution in [0.4, 0.5) is 0 Å². The van der Waals surface area contributed by atoms with Crippen LogP contribution in [0.2, 0.25) is 0 Å². The summed E-state index contributed by atoms with van der Waals surface area (Å²) in [7, 11) is 0. The van der Waals surface area contributed by atoms with Crippen molar-refractivity contribution in [2.75, 3.05) is 0 Å². The van der Waals surface area contributed by atoms with Crippen molar-refractivity contribution in [2.24, 2.45) is 0 Å². The average molecular weight is 704 g/mol. The molecule has 258 valence electrons. The summed E-state index contributed by atoms with van der Waals surface area (Å²) in [4.78, 5) is 15.1. The first kappa shape index (κ1) is 32.2. The van der Waals surface area contributed by atoms with Gasteiger partial charge in [0.15, 0.2) is 17.5 Å². The Bertz CT molecular complexity index is 2940. The second kappa shape index (κ2) is 13.8. The zero-order chi connectivity index (χ0) is 36.6. The SMILES string of the molecule is c1ccc(-c2ccc(-c3ccc(-c4ccc5oc6c(-c7nc(-c8ccccc8)nc(-c8cccc(-c9ccccc9)c8)n7)cccc6c5c4)cc3)cc2)cc1. The number of hydrogen-bond acceptors (Lipinski definition) is 4. The Balaban J connectivity index is 1.02. The van der Waals surface area contributed by atoms with Gasteiger partial charge in [0.25, 0.3) is 0 Å². The molecule has 10 aromatic rings. The maximum atomic E-state index is 6.62. The molecule has 0 aliphatic heterocycles. The first-order chi connectivity index (χ1) is 27.2. The zero-order valence-electron chi connectivity index (χ0n) is 29.8. The summed E-state index contributed by atoms with van der Waals surface area (Å²) < 4.78 is 6.62. The molecule has 55 heavy (non-hydrogen) atoms. The number of hydrogen-bond donors (Lipinski definition) is 0. The van der Waals surface area contributed by atoms with E-state index in [2.05, 4.69) is 152 Å². The lowest BCUT2D eigenvalue weighted by molar-refractivity contribution is 0.669. The number of nitrogens with zero attached hydrogens (tertiary/aromatic N) is 3. The van der Waals surface area contributed by atoms with Gasteiger partial charge in [-0.3, -0.25) is 0 Å². The van der Waals surface area contributed by atoms with E-state index in [1.54, 1.807) is 0 Å². The number of aromatic nitrogens is 3. The lowest BCUT2D eigenvalue weighted by Crippen LogP contribution is -2.00. The fourth-order valence-electron chi connectivity index (χ4n) is 7.31. The smallest absolute Gasteiger partial charge is 0.167 e. The molecule has 0 atom stereocenters. The van der Waals surface area contributed by atoms with Crippen LogP contribution < -0.4 is 0 Å². The molecule has 0 spiro atoms. The van der Waals surface area contributed by atoms with E-state index in [9.17, 15) is 0 Å². The van der Waals surface area contributed by atoms with Gasteiger partial charge in [-0.05, 0) is 68.8 Å². The molecule has 4 heteroatoms. The normalized spacial score (nSPS) is 11.3. The van der Waals surface area contributed by atoms with Gasteiger partial charge in [-0.2, -0.15) is 0 Å². The quantitative estimate of drug-likeness (QED) is 0.166. The van der Waals surface area contributed by atoms with Crippen LogP contribution in [0.1, 0.15) is 0 Å². The Morgan fingerprint density at radius 1 is 0.273 bits per heavy atom. The Kier molecular flexibility index (Phi) is 8.12. The summed E-state index contributed by atoms with van der Waals surface area (Å²) in [5, 5.41) is 2.06. The van der Waals surface area contributed by atoms with Gasteiger partial charge in [-0.25, -0.2) is 15.0 Å². The molecule has 0 saturated carbocycles. The van der Waals surface area contributed by atoms with Crippen LogP contribution in [0.15, 0.2) is 205 Å². The van der Waals surface area contributed by atoms with E-state index in [4.69, 9.17) is 19.4 Å². The summed E-state index contributed by atoms with van der Waals surface area (Å²) >= 11 is 0. The summed E-state index contributed by atoms with van der Waals surface area (Å²) in [6.07, 6.45) is 0. The fourth-order valence-corrected chi connectivity index (χ4v) is 7.31. The number of para-hydroxylation sites is 1. The van der Waals surface area contributed by atoms with Crippen molar-refractivity contribution in [2.45, 2.75) is 0 Å². The van der Waals surface area contributed by atoms with E-state index < -0.39 is 0 Å². The highest BCUT2D eigenvalue weighted by Gasteiger charge is 2.18. The van der Waals surface area contributed by atoms with Crippen molar-refractivity contribution in [1.82, 2.24) is 15.0 Å². The molecule has 2 heterocycles. The van der Waals surface area contributed by atoms with Crippen molar-refractivity contribution < 1.29 is 4.42 Å². The predicted octanol–water partition coefficient (Wildman–Crippen LogP) is 13.4. The van der Waals surface area contributed by atoms with E-state index in [-0.39, 0.29) is 0 Å². The van der Waals surface area contributed by atoms with Crippen molar-refractivity contribution in [3.63, 3.8) is 0 Å². The van der Waals surface area contributed by atoms with Crippen molar-refractivity contribution >= 4 is 21.9 Å². The number of rotatable bonds is 7. The van der Waals surface area contributed by atoms with E-state index in [1.807, 2.05) is 48.5 Å². The molecular weight excluding hydrogens is 671 g/mol. The lowest BCUT2D eigenvalue weighted by Gasteiger charge is -2.10. The highest BCUT2D eigenvalue weighted by Crippen LogP contribution is 2.38. The molecule has 0 aliphatic rings. The summed E-state index contributed by atoms with van der Waals surface area (Å²) in [6.45, 7) is 0. The fraction of sp³-hybridized carbons (Fsp3) is 0. The first-order valence-electron chi connectivity index (χ1n) is 18.4. The van der Waals surface area contributed by atoms with Gasteiger partial charge in [0, 0.05) is 21.9 Å². The number of benzene rings is 8. The number of furan rings is 1. The third kappa shape index (κ3) is 6.26.